The van der Waals surface area contributed by atoms with E-state index >= 15 is 0 Å². The predicted octanol–water partition coefficient (Wildman–Crippen LogP) is 2.66. The van der Waals surface area contributed by atoms with Crippen LogP contribution in [0.1, 0.15) is 32.8 Å². The molecule has 2 atom stereocenters. The zero-order valence-corrected chi connectivity index (χ0v) is 17.6. The van der Waals surface area contributed by atoms with Crippen molar-refractivity contribution in [1.29, 1.82) is 0 Å². The first-order valence-corrected chi connectivity index (χ1v) is 9.81. The highest BCUT2D eigenvalue weighted by Gasteiger charge is 2.34. The van der Waals surface area contributed by atoms with Gasteiger partial charge in [-0.15, -0.1) is 0 Å². The SMILES string of the molecule is Cc1cc(Nc2ccn[nH]2)nc(N2C[C@H](NC(=O)OC(C)(C)C)C[C@H](C(=O)O)C2)c1. The molecule has 0 aliphatic carbocycles. The van der Waals surface area contributed by atoms with Crippen molar-refractivity contribution in [2.75, 3.05) is 23.3 Å². The molecule has 0 bridgehead atoms. The van der Waals surface area contributed by atoms with Crippen LogP contribution in [0, 0.1) is 12.8 Å². The zero-order chi connectivity index (χ0) is 21.9. The number of alkyl carbamates (subject to hydrolysis) is 1. The highest BCUT2D eigenvalue weighted by atomic mass is 16.6. The van der Waals surface area contributed by atoms with E-state index in [2.05, 4.69) is 25.8 Å². The molecule has 30 heavy (non-hydrogen) atoms. The number of nitrogens with zero attached hydrogens (tertiary/aromatic N) is 3. The maximum atomic E-state index is 12.2. The second-order valence-corrected chi connectivity index (χ2v) is 8.50. The number of carbonyl (C=O) groups is 2. The predicted molar refractivity (Wildman–Crippen MR) is 112 cm³/mol. The molecule has 2 aromatic rings. The van der Waals surface area contributed by atoms with Crippen molar-refractivity contribution in [2.45, 2.75) is 45.8 Å². The number of aryl methyl sites for hydroxylation is 1. The molecule has 0 radical (unpaired) electrons. The molecular weight excluding hydrogens is 388 g/mol. The van der Waals surface area contributed by atoms with Crippen LogP contribution in [0.3, 0.4) is 0 Å². The van der Waals surface area contributed by atoms with Gasteiger partial charge in [-0.05, 0) is 51.8 Å². The van der Waals surface area contributed by atoms with Gasteiger partial charge in [-0.1, -0.05) is 0 Å². The van der Waals surface area contributed by atoms with Gasteiger partial charge in [0.2, 0.25) is 0 Å². The normalized spacial score (nSPS) is 19.3. The maximum absolute atomic E-state index is 12.2. The summed E-state index contributed by atoms with van der Waals surface area (Å²) in [4.78, 5) is 30.4. The van der Waals surface area contributed by atoms with E-state index in [-0.39, 0.29) is 6.04 Å². The van der Waals surface area contributed by atoms with E-state index in [0.717, 1.165) is 5.56 Å². The summed E-state index contributed by atoms with van der Waals surface area (Å²) in [5, 5.41) is 22.3. The number of nitrogens with one attached hydrogen (secondary N) is 3. The van der Waals surface area contributed by atoms with E-state index in [1.165, 1.54) is 0 Å². The largest absolute Gasteiger partial charge is 0.481 e. The van der Waals surface area contributed by atoms with E-state index in [0.29, 0.717) is 37.0 Å². The lowest BCUT2D eigenvalue weighted by Gasteiger charge is -2.37. The first kappa shape index (κ1) is 21.4. The molecule has 1 saturated heterocycles. The molecule has 3 heterocycles. The van der Waals surface area contributed by atoms with Gasteiger partial charge in [0.15, 0.2) is 0 Å². The summed E-state index contributed by atoms with van der Waals surface area (Å²) in [6, 6.07) is 5.19. The average Bonchev–Trinajstić information content (AvgIpc) is 3.12. The van der Waals surface area contributed by atoms with E-state index in [1.807, 2.05) is 24.0 Å². The van der Waals surface area contributed by atoms with Crippen molar-refractivity contribution in [1.82, 2.24) is 20.5 Å². The number of pyridine rings is 1. The van der Waals surface area contributed by atoms with Crippen molar-refractivity contribution >= 4 is 29.5 Å². The molecule has 0 aromatic carbocycles. The minimum absolute atomic E-state index is 0.307. The van der Waals surface area contributed by atoms with Crippen LogP contribution >= 0.6 is 0 Å². The molecule has 3 rings (SSSR count). The van der Waals surface area contributed by atoms with Crippen LogP contribution in [0.2, 0.25) is 0 Å². The first-order chi connectivity index (χ1) is 14.1. The number of ether oxygens (including phenoxy) is 1. The molecule has 2 aromatic heterocycles. The monoisotopic (exact) mass is 416 g/mol. The second-order valence-electron chi connectivity index (χ2n) is 8.50. The third-order valence-electron chi connectivity index (χ3n) is 4.56. The van der Waals surface area contributed by atoms with Gasteiger partial charge < -0.3 is 25.4 Å². The highest BCUT2D eigenvalue weighted by Crippen LogP contribution is 2.26. The Morgan fingerprint density at radius 1 is 1.30 bits per heavy atom. The fraction of sp³-hybridized carbons (Fsp3) is 0.500. The average molecular weight is 416 g/mol. The third-order valence-corrected chi connectivity index (χ3v) is 4.56. The number of piperidine rings is 1. The van der Waals surface area contributed by atoms with Crippen LogP contribution in [0.4, 0.5) is 22.2 Å². The second kappa shape index (κ2) is 8.60. The summed E-state index contributed by atoms with van der Waals surface area (Å²) in [5.41, 5.74) is 0.340. The van der Waals surface area contributed by atoms with E-state index in [4.69, 9.17) is 4.74 Å². The molecule has 0 saturated carbocycles. The molecule has 1 aliphatic heterocycles. The summed E-state index contributed by atoms with van der Waals surface area (Å²) in [6.45, 7) is 8.03. The Balaban J connectivity index is 1.78. The zero-order valence-electron chi connectivity index (χ0n) is 17.6. The topological polar surface area (TPSA) is 132 Å². The van der Waals surface area contributed by atoms with Gasteiger partial charge in [0, 0.05) is 19.2 Å². The van der Waals surface area contributed by atoms with Crippen LogP contribution in [0.25, 0.3) is 0 Å². The Morgan fingerprint density at radius 3 is 2.70 bits per heavy atom. The number of hydrogen-bond donors (Lipinski definition) is 4. The molecular formula is C20H28N6O4. The Labute approximate surface area is 175 Å². The van der Waals surface area contributed by atoms with Crippen LogP contribution < -0.4 is 15.5 Å². The van der Waals surface area contributed by atoms with Gasteiger partial charge in [0.05, 0.1) is 18.2 Å². The molecule has 0 spiro atoms. The summed E-state index contributed by atoms with van der Waals surface area (Å²) < 4.78 is 5.32. The quantitative estimate of drug-likeness (QED) is 0.585. The molecule has 10 heteroatoms. The van der Waals surface area contributed by atoms with E-state index < -0.39 is 23.6 Å². The Hall–Kier alpha value is -3.30. The number of aromatic amines is 1. The van der Waals surface area contributed by atoms with Crippen molar-refractivity contribution in [3.8, 4) is 0 Å². The van der Waals surface area contributed by atoms with Crippen LogP contribution in [-0.4, -0.2) is 57.1 Å². The minimum Gasteiger partial charge on any atom is -0.481 e. The van der Waals surface area contributed by atoms with Gasteiger partial charge >= 0.3 is 12.1 Å². The molecule has 1 amide bonds. The Morgan fingerprint density at radius 2 is 2.07 bits per heavy atom. The van der Waals surface area contributed by atoms with Gasteiger partial charge in [-0.25, -0.2) is 9.78 Å². The highest BCUT2D eigenvalue weighted by molar-refractivity contribution is 5.72. The molecule has 1 aliphatic rings. The Bertz CT molecular complexity index is 893. The maximum Gasteiger partial charge on any atom is 0.407 e. The number of hydrogen-bond acceptors (Lipinski definition) is 7. The lowest BCUT2D eigenvalue weighted by molar-refractivity contribution is -0.142. The lowest BCUT2D eigenvalue weighted by atomic mass is 9.94. The molecule has 10 nitrogen and oxygen atoms in total. The summed E-state index contributed by atoms with van der Waals surface area (Å²) in [7, 11) is 0. The molecule has 0 unspecified atom stereocenters. The first-order valence-electron chi connectivity index (χ1n) is 9.81. The number of carboxylic acids is 1. The summed E-state index contributed by atoms with van der Waals surface area (Å²) >= 11 is 0. The van der Waals surface area contributed by atoms with Crippen LogP contribution in [0.5, 0.6) is 0 Å². The minimum atomic E-state index is -0.904. The number of aliphatic carboxylic acids is 1. The van der Waals surface area contributed by atoms with Crippen molar-refractivity contribution in [3.05, 3.63) is 30.0 Å². The number of H-pyrrole nitrogens is 1. The number of carboxylic acid groups (broad SMARTS) is 1. The molecule has 4 N–H and O–H groups in total. The fourth-order valence-corrected chi connectivity index (χ4v) is 3.38. The van der Waals surface area contributed by atoms with Crippen molar-refractivity contribution in [2.24, 2.45) is 5.92 Å². The fourth-order valence-electron chi connectivity index (χ4n) is 3.38. The van der Waals surface area contributed by atoms with E-state index in [9.17, 15) is 14.7 Å². The third kappa shape index (κ3) is 5.85. The van der Waals surface area contributed by atoms with E-state index in [1.54, 1.807) is 33.0 Å². The standard InChI is InChI=1S/C20H28N6O4/c1-12-7-16(23-15-5-6-21-25-15)24-17(8-12)26-10-13(18(27)28)9-14(11-26)22-19(29)30-20(2,3)4/h5-8,13-14H,9-11H2,1-4H3,(H,22,29)(H,27,28)(H2,21,23,24,25)/t13-,14+/m0/s1. The summed E-state index contributed by atoms with van der Waals surface area (Å²) in [5.74, 6) is 0.414. The number of aromatic nitrogens is 3. The van der Waals surface area contributed by atoms with Gasteiger partial charge in [-0.3, -0.25) is 9.89 Å². The van der Waals surface area contributed by atoms with Gasteiger partial charge in [-0.2, -0.15) is 5.10 Å². The van der Waals surface area contributed by atoms with Gasteiger partial charge in [0.25, 0.3) is 0 Å². The number of rotatable bonds is 5. The number of amides is 1. The Kier molecular flexibility index (Phi) is 6.14. The summed E-state index contributed by atoms with van der Waals surface area (Å²) in [6.07, 6.45) is 1.40. The molecule has 162 valence electrons. The number of anilines is 3. The van der Waals surface area contributed by atoms with Crippen molar-refractivity contribution < 1.29 is 19.4 Å². The lowest BCUT2D eigenvalue weighted by Crippen LogP contribution is -2.53. The van der Waals surface area contributed by atoms with Gasteiger partial charge in [0.1, 0.15) is 23.1 Å². The molecule has 1 fully saturated rings. The van der Waals surface area contributed by atoms with Crippen molar-refractivity contribution in [3.63, 3.8) is 0 Å². The van der Waals surface area contributed by atoms with Crippen LogP contribution in [0.15, 0.2) is 24.4 Å². The van der Waals surface area contributed by atoms with Crippen LogP contribution in [-0.2, 0) is 9.53 Å². The number of carbonyl (C=O) groups excluding carboxylic acids is 1. The smallest absolute Gasteiger partial charge is 0.407 e.